The Hall–Kier alpha value is -2.43. The van der Waals surface area contributed by atoms with Crippen molar-refractivity contribution in [2.75, 3.05) is 0 Å². The number of H-pyrrole nitrogens is 1. The minimum Gasteiger partial charge on any atom is -0.328 e. The summed E-state index contributed by atoms with van der Waals surface area (Å²) in [5, 5.41) is 4.16. The quantitative estimate of drug-likeness (QED) is 0.703. The highest BCUT2D eigenvalue weighted by molar-refractivity contribution is 5.80. The zero-order chi connectivity index (χ0) is 12.7. The minimum absolute atomic E-state index is 0.0617. The molecule has 1 N–H and O–H groups in total. The fourth-order valence-electron chi connectivity index (χ4n) is 1.95. The van der Waals surface area contributed by atoms with E-state index >= 15 is 0 Å². The average molecular weight is 240 g/mol. The zero-order valence-corrected chi connectivity index (χ0v) is 10.1. The molecule has 0 aromatic carbocycles. The maximum atomic E-state index is 11.3. The Morgan fingerprint density at radius 1 is 1.22 bits per heavy atom. The molecule has 0 atom stereocenters. The molecule has 0 aliphatic rings. The molecule has 0 bridgehead atoms. The van der Waals surface area contributed by atoms with Gasteiger partial charge in [0.1, 0.15) is 5.52 Å². The van der Waals surface area contributed by atoms with E-state index in [0.29, 0.717) is 5.56 Å². The molecule has 0 unspecified atom stereocenters. The standard InChI is InChI=1S/C13H12N4O/c1-8-3-9(6-15-13(8)18)10-4-12-11(14-5-10)7-16-17(12)2/h3-7H,1-2H3,(H,15,18). The molecule has 3 heterocycles. The third kappa shape index (κ3) is 1.60. The molecule has 0 aliphatic carbocycles. The van der Waals surface area contributed by atoms with Crippen LogP contribution in [-0.4, -0.2) is 19.7 Å². The SMILES string of the molecule is Cc1cc(-c2cnc3cnn(C)c3c2)c[nH]c1=O. The van der Waals surface area contributed by atoms with E-state index in [-0.39, 0.29) is 5.56 Å². The molecule has 5 heteroatoms. The predicted molar refractivity (Wildman–Crippen MR) is 69.3 cm³/mol. The van der Waals surface area contributed by atoms with Crippen LogP contribution in [0.5, 0.6) is 0 Å². The van der Waals surface area contributed by atoms with Gasteiger partial charge in [-0.3, -0.25) is 14.5 Å². The smallest absolute Gasteiger partial charge is 0.250 e. The topological polar surface area (TPSA) is 63.6 Å². The van der Waals surface area contributed by atoms with Crippen LogP contribution in [0.1, 0.15) is 5.56 Å². The van der Waals surface area contributed by atoms with Crippen molar-refractivity contribution >= 4 is 11.0 Å². The number of fused-ring (bicyclic) bond motifs is 1. The molecule has 18 heavy (non-hydrogen) atoms. The summed E-state index contributed by atoms with van der Waals surface area (Å²) in [6.07, 6.45) is 5.23. The second kappa shape index (κ2) is 3.80. The van der Waals surface area contributed by atoms with E-state index in [1.54, 1.807) is 30.2 Å². The van der Waals surface area contributed by atoms with Gasteiger partial charge in [-0.2, -0.15) is 5.10 Å². The van der Waals surface area contributed by atoms with Gasteiger partial charge in [-0.25, -0.2) is 0 Å². The van der Waals surface area contributed by atoms with Crippen LogP contribution in [0.3, 0.4) is 0 Å². The predicted octanol–water partition coefficient (Wildman–Crippen LogP) is 1.63. The molecule has 0 amide bonds. The number of aryl methyl sites for hydroxylation is 2. The third-order valence-electron chi connectivity index (χ3n) is 3.02. The van der Waals surface area contributed by atoms with Crippen molar-refractivity contribution in [3.05, 3.63) is 46.6 Å². The van der Waals surface area contributed by atoms with Crippen LogP contribution in [0, 0.1) is 6.92 Å². The summed E-state index contributed by atoms with van der Waals surface area (Å²) in [5.74, 6) is 0. The van der Waals surface area contributed by atoms with E-state index < -0.39 is 0 Å². The van der Waals surface area contributed by atoms with Gasteiger partial charge in [0, 0.05) is 30.6 Å². The monoisotopic (exact) mass is 240 g/mol. The number of nitrogens with one attached hydrogen (secondary N) is 1. The van der Waals surface area contributed by atoms with E-state index in [2.05, 4.69) is 15.1 Å². The van der Waals surface area contributed by atoms with E-state index in [1.165, 1.54) is 0 Å². The highest BCUT2D eigenvalue weighted by Gasteiger charge is 2.05. The average Bonchev–Trinajstić information content (AvgIpc) is 2.74. The lowest BCUT2D eigenvalue weighted by Crippen LogP contribution is -2.07. The number of pyridine rings is 2. The summed E-state index contributed by atoms with van der Waals surface area (Å²) >= 11 is 0. The Labute approximate surface area is 103 Å². The summed E-state index contributed by atoms with van der Waals surface area (Å²) in [6, 6.07) is 3.88. The fourth-order valence-corrected chi connectivity index (χ4v) is 1.95. The summed E-state index contributed by atoms with van der Waals surface area (Å²) in [7, 11) is 1.88. The Morgan fingerprint density at radius 3 is 2.83 bits per heavy atom. The molecule has 0 fully saturated rings. The highest BCUT2D eigenvalue weighted by Crippen LogP contribution is 2.21. The number of aromatic amines is 1. The van der Waals surface area contributed by atoms with Gasteiger partial charge in [0.2, 0.25) is 0 Å². The van der Waals surface area contributed by atoms with Crippen molar-refractivity contribution < 1.29 is 0 Å². The van der Waals surface area contributed by atoms with Crippen molar-refractivity contribution in [3.8, 4) is 11.1 Å². The van der Waals surface area contributed by atoms with Crippen molar-refractivity contribution in [3.63, 3.8) is 0 Å². The molecule has 0 radical (unpaired) electrons. The number of hydrogen-bond donors (Lipinski definition) is 1. The van der Waals surface area contributed by atoms with E-state index in [1.807, 2.05) is 19.2 Å². The van der Waals surface area contributed by atoms with Crippen molar-refractivity contribution in [1.29, 1.82) is 0 Å². The molecule has 5 nitrogen and oxygen atoms in total. The molecule has 0 saturated heterocycles. The maximum absolute atomic E-state index is 11.3. The second-order valence-electron chi connectivity index (χ2n) is 4.30. The van der Waals surface area contributed by atoms with Crippen LogP contribution >= 0.6 is 0 Å². The second-order valence-corrected chi connectivity index (χ2v) is 4.30. The molecule has 0 spiro atoms. The summed E-state index contributed by atoms with van der Waals surface area (Å²) in [4.78, 5) is 18.4. The zero-order valence-electron chi connectivity index (χ0n) is 10.1. The van der Waals surface area contributed by atoms with Gasteiger partial charge in [-0.15, -0.1) is 0 Å². The van der Waals surface area contributed by atoms with Crippen LogP contribution in [0.4, 0.5) is 0 Å². The van der Waals surface area contributed by atoms with Gasteiger partial charge >= 0.3 is 0 Å². The Kier molecular flexibility index (Phi) is 2.26. The Morgan fingerprint density at radius 2 is 2.06 bits per heavy atom. The van der Waals surface area contributed by atoms with Crippen LogP contribution in [-0.2, 0) is 7.05 Å². The fraction of sp³-hybridized carbons (Fsp3) is 0.154. The van der Waals surface area contributed by atoms with Crippen LogP contribution in [0.25, 0.3) is 22.2 Å². The first kappa shape index (κ1) is 10.7. The first-order valence-electron chi connectivity index (χ1n) is 5.62. The Bertz CT molecular complexity index is 785. The molecule has 0 saturated carbocycles. The number of aromatic nitrogens is 4. The third-order valence-corrected chi connectivity index (χ3v) is 3.02. The summed E-state index contributed by atoms with van der Waals surface area (Å²) in [5.41, 5.74) is 4.37. The normalized spacial score (nSPS) is 11.0. The van der Waals surface area contributed by atoms with Gasteiger partial charge < -0.3 is 4.98 Å². The van der Waals surface area contributed by atoms with Crippen LogP contribution in [0.15, 0.2) is 35.5 Å². The van der Waals surface area contributed by atoms with Crippen molar-refractivity contribution in [2.45, 2.75) is 6.92 Å². The molecule has 90 valence electrons. The van der Waals surface area contributed by atoms with Crippen molar-refractivity contribution in [2.24, 2.45) is 7.05 Å². The largest absolute Gasteiger partial charge is 0.328 e. The highest BCUT2D eigenvalue weighted by atomic mass is 16.1. The number of hydrogen-bond acceptors (Lipinski definition) is 3. The van der Waals surface area contributed by atoms with Gasteiger partial charge in [0.15, 0.2) is 0 Å². The van der Waals surface area contributed by atoms with Gasteiger partial charge in [0.25, 0.3) is 5.56 Å². The van der Waals surface area contributed by atoms with E-state index in [9.17, 15) is 4.79 Å². The first-order chi connectivity index (χ1) is 8.65. The number of rotatable bonds is 1. The molecule has 3 aromatic rings. The van der Waals surface area contributed by atoms with Gasteiger partial charge in [-0.05, 0) is 24.6 Å². The van der Waals surface area contributed by atoms with Gasteiger partial charge in [0.05, 0.1) is 11.7 Å². The van der Waals surface area contributed by atoms with Crippen LogP contribution < -0.4 is 5.56 Å². The lowest BCUT2D eigenvalue weighted by molar-refractivity contribution is 0.797. The molecule has 3 aromatic heterocycles. The van der Waals surface area contributed by atoms with Gasteiger partial charge in [-0.1, -0.05) is 0 Å². The summed E-state index contributed by atoms with van der Waals surface area (Å²) < 4.78 is 1.78. The molecule has 3 rings (SSSR count). The van der Waals surface area contributed by atoms with Crippen LogP contribution in [0.2, 0.25) is 0 Å². The lowest BCUT2D eigenvalue weighted by Gasteiger charge is -2.03. The van der Waals surface area contributed by atoms with E-state index in [0.717, 1.165) is 22.2 Å². The molecular formula is C13H12N4O. The maximum Gasteiger partial charge on any atom is 0.250 e. The first-order valence-corrected chi connectivity index (χ1v) is 5.62. The molecule has 0 aliphatic heterocycles. The molecular weight excluding hydrogens is 228 g/mol. The van der Waals surface area contributed by atoms with Crippen molar-refractivity contribution in [1.82, 2.24) is 19.7 Å². The number of nitrogens with zero attached hydrogens (tertiary/aromatic N) is 3. The Balaban J connectivity index is 2.21. The minimum atomic E-state index is -0.0617. The lowest BCUT2D eigenvalue weighted by atomic mass is 10.1. The van der Waals surface area contributed by atoms with E-state index in [4.69, 9.17) is 0 Å². The summed E-state index contributed by atoms with van der Waals surface area (Å²) in [6.45, 7) is 1.79.